The average molecular weight is 249 g/mol. The number of hydrogen-bond donors (Lipinski definition) is 1. The molecule has 0 saturated carbocycles. The SMILES string of the molecule is CC(C)N(C)c1cc(N2CCNCC2C)ncn1. The highest BCUT2D eigenvalue weighted by molar-refractivity contribution is 5.51. The molecular weight excluding hydrogens is 226 g/mol. The summed E-state index contributed by atoms with van der Waals surface area (Å²) in [6, 6.07) is 3.00. The topological polar surface area (TPSA) is 44.3 Å². The van der Waals surface area contributed by atoms with Gasteiger partial charge in [-0.25, -0.2) is 9.97 Å². The molecule has 0 spiro atoms. The molecule has 1 fully saturated rings. The van der Waals surface area contributed by atoms with E-state index in [1.165, 1.54) is 0 Å². The van der Waals surface area contributed by atoms with Gasteiger partial charge in [0.25, 0.3) is 0 Å². The molecule has 5 heteroatoms. The molecule has 1 unspecified atom stereocenters. The molecule has 0 radical (unpaired) electrons. The molecule has 1 N–H and O–H groups in total. The number of nitrogens with one attached hydrogen (secondary N) is 1. The molecule has 1 atom stereocenters. The number of piperazine rings is 1. The van der Waals surface area contributed by atoms with Gasteiger partial charge in [0.1, 0.15) is 18.0 Å². The molecule has 1 aliphatic rings. The van der Waals surface area contributed by atoms with Crippen molar-refractivity contribution in [3.8, 4) is 0 Å². The van der Waals surface area contributed by atoms with Crippen LogP contribution in [0.5, 0.6) is 0 Å². The molecule has 1 aliphatic heterocycles. The zero-order chi connectivity index (χ0) is 13.1. The van der Waals surface area contributed by atoms with Crippen molar-refractivity contribution < 1.29 is 0 Å². The Balaban J connectivity index is 2.21. The Morgan fingerprint density at radius 1 is 1.44 bits per heavy atom. The van der Waals surface area contributed by atoms with E-state index in [1.54, 1.807) is 6.33 Å². The minimum absolute atomic E-state index is 0.438. The molecule has 100 valence electrons. The third kappa shape index (κ3) is 2.72. The van der Waals surface area contributed by atoms with Crippen LogP contribution in [-0.2, 0) is 0 Å². The Kier molecular flexibility index (Phi) is 4.01. The lowest BCUT2D eigenvalue weighted by molar-refractivity contribution is 0.497. The van der Waals surface area contributed by atoms with Crippen molar-refractivity contribution in [3.63, 3.8) is 0 Å². The van der Waals surface area contributed by atoms with Gasteiger partial charge in [0.15, 0.2) is 0 Å². The minimum atomic E-state index is 0.438. The van der Waals surface area contributed by atoms with Crippen LogP contribution in [0.1, 0.15) is 20.8 Å². The quantitative estimate of drug-likeness (QED) is 0.869. The van der Waals surface area contributed by atoms with E-state index < -0.39 is 0 Å². The fourth-order valence-electron chi connectivity index (χ4n) is 2.13. The van der Waals surface area contributed by atoms with E-state index >= 15 is 0 Å². The fraction of sp³-hybridized carbons (Fsp3) is 0.692. The molecule has 1 aromatic rings. The predicted molar refractivity (Wildman–Crippen MR) is 75.2 cm³/mol. The monoisotopic (exact) mass is 249 g/mol. The summed E-state index contributed by atoms with van der Waals surface area (Å²) in [5.41, 5.74) is 0. The van der Waals surface area contributed by atoms with Crippen LogP contribution in [0.2, 0.25) is 0 Å². The number of anilines is 2. The Hall–Kier alpha value is -1.36. The van der Waals surface area contributed by atoms with E-state index in [0.717, 1.165) is 31.3 Å². The van der Waals surface area contributed by atoms with E-state index in [4.69, 9.17) is 0 Å². The van der Waals surface area contributed by atoms with Crippen molar-refractivity contribution in [3.05, 3.63) is 12.4 Å². The van der Waals surface area contributed by atoms with Crippen LogP contribution in [0.3, 0.4) is 0 Å². The summed E-state index contributed by atoms with van der Waals surface area (Å²) in [5.74, 6) is 2.02. The maximum absolute atomic E-state index is 4.42. The van der Waals surface area contributed by atoms with Gasteiger partial charge in [-0.15, -0.1) is 0 Å². The van der Waals surface area contributed by atoms with Gasteiger partial charge in [-0.05, 0) is 20.8 Å². The van der Waals surface area contributed by atoms with Gasteiger partial charge in [-0.3, -0.25) is 0 Å². The molecule has 2 rings (SSSR count). The van der Waals surface area contributed by atoms with E-state index in [0.29, 0.717) is 12.1 Å². The summed E-state index contributed by atoms with van der Waals surface area (Å²) in [4.78, 5) is 13.3. The molecule has 18 heavy (non-hydrogen) atoms. The van der Waals surface area contributed by atoms with Gasteiger partial charge in [-0.1, -0.05) is 0 Å². The Labute approximate surface area is 109 Å². The maximum Gasteiger partial charge on any atom is 0.134 e. The van der Waals surface area contributed by atoms with Crippen molar-refractivity contribution in [2.24, 2.45) is 0 Å². The van der Waals surface area contributed by atoms with E-state index in [1.807, 2.05) is 0 Å². The lowest BCUT2D eigenvalue weighted by Gasteiger charge is -2.35. The molecular formula is C13H23N5. The summed E-state index contributed by atoms with van der Waals surface area (Å²) in [7, 11) is 2.07. The van der Waals surface area contributed by atoms with Gasteiger partial charge < -0.3 is 15.1 Å². The van der Waals surface area contributed by atoms with Crippen LogP contribution in [0.25, 0.3) is 0 Å². The summed E-state index contributed by atoms with van der Waals surface area (Å²) in [5, 5.41) is 3.39. The van der Waals surface area contributed by atoms with Crippen LogP contribution < -0.4 is 15.1 Å². The summed E-state index contributed by atoms with van der Waals surface area (Å²) in [6.45, 7) is 9.58. The van der Waals surface area contributed by atoms with Crippen molar-refractivity contribution >= 4 is 11.6 Å². The standard InChI is InChI=1S/C13H23N5/c1-10(2)17(4)12-7-13(16-9-15-12)18-6-5-14-8-11(18)3/h7,9-11,14H,5-6,8H2,1-4H3. The Bertz CT molecular complexity index is 393. The second-order valence-electron chi connectivity index (χ2n) is 5.19. The van der Waals surface area contributed by atoms with Gasteiger partial charge in [0.05, 0.1) is 0 Å². The molecule has 0 aromatic carbocycles. The Morgan fingerprint density at radius 3 is 2.89 bits per heavy atom. The maximum atomic E-state index is 4.42. The van der Waals surface area contributed by atoms with Crippen LogP contribution in [0.4, 0.5) is 11.6 Å². The first-order valence-corrected chi connectivity index (χ1v) is 6.62. The van der Waals surface area contributed by atoms with Crippen molar-refractivity contribution in [1.29, 1.82) is 0 Å². The fourth-order valence-corrected chi connectivity index (χ4v) is 2.13. The number of aromatic nitrogens is 2. The number of nitrogens with zero attached hydrogens (tertiary/aromatic N) is 4. The highest BCUT2D eigenvalue weighted by atomic mass is 15.3. The largest absolute Gasteiger partial charge is 0.357 e. The van der Waals surface area contributed by atoms with Crippen LogP contribution in [0, 0.1) is 0 Å². The lowest BCUT2D eigenvalue weighted by Crippen LogP contribution is -2.50. The van der Waals surface area contributed by atoms with Crippen LogP contribution in [-0.4, -0.2) is 48.7 Å². The van der Waals surface area contributed by atoms with Crippen LogP contribution >= 0.6 is 0 Å². The highest BCUT2D eigenvalue weighted by Crippen LogP contribution is 2.20. The smallest absolute Gasteiger partial charge is 0.134 e. The average Bonchev–Trinajstić information content (AvgIpc) is 2.38. The molecule has 0 aliphatic carbocycles. The molecule has 1 saturated heterocycles. The van der Waals surface area contributed by atoms with Gasteiger partial charge in [0.2, 0.25) is 0 Å². The normalized spacial score (nSPS) is 20.3. The van der Waals surface area contributed by atoms with Crippen LogP contribution in [0.15, 0.2) is 12.4 Å². The zero-order valence-electron chi connectivity index (χ0n) is 11.7. The molecule has 1 aromatic heterocycles. The first kappa shape index (κ1) is 13.1. The van der Waals surface area contributed by atoms with Gasteiger partial charge in [-0.2, -0.15) is 0 Å². The Morgan fingerprint density at radius 2 is 2.22 bits per heavy atom. The van der Waals surface area contributed by atoms with Crippen molar-refractivity contribution in [1.82, 2.24) is 15.3 Å². The third-order valence-electron chi connectivity index (χ3n) is 3.57. The molecule has 0 bridgehead atoms. The first-order chi connectivity index (χ1) is 8.59. The zero-order valence-corrected chi connectivity index (χ0v) is 11.7. The van der Waals surface area contributed by atoms with E-state index in [-0.39, 0.29) is 0 Å². The van der Waals surface area contributed by atoms with Gasteiger partial charge >= 0.3 is 0 Å². The first-order valence-electron chi connectivity index (χ1n) is 6.62. The van der Waals surface area contributed by atoms with E-state index in [9.17, 15) is 0 Å². The highest BCUT2D eigenvalue weighted by Gasteiger charge is 2.20. The summed E-state index contributed by atoms with van der Waals surface area (Å²) in [6.07, 6.45) is 1.66. The summed E-state index contributed by atoms with van der Waals surface area (Å²) >= 11 is 0. The number of hydrogen-bond acceptors (Lipinski definition) is 5. The second kappa shape index (κ2) is 5.52. The summed E-state index contributed by atoms with van der Waals surface area (Å²) < 4.78 is 0. The van der Waals surface area contributed by atoms with Crippen molar-refractivity contribution in [2.75, 3.05) is 36.5 Å². The molecule has 5 nitrogen and oxygen atoms in total. The third-order valence-corrected chi connectivity index (χ3v) is 3.57. The second-order valence-corrected chi connectivity index (χ2v) is 5.19. The van der Waals surface area contributed by atoms with E-state index in [2.05, 4.69) is 59.0 Å². The molecule has 0 amide bonds. The lowest BCUT2D eigenvalue weighted by atomic mass is 10.2. The number of rotatable bonds is 3. The van der Waals surface area contributed by atoms with Gasteiger partial charge in [0, 0.05) is 44.8 Å². The van der Waals surface area contributed by atoms with Crippen molar-refractivity contribution in [2.45, 2.75) is 32.9 Å². The predicted octanol–water partition coefficient (Wildman–Crippen LogP) is 1.12. The minimum Gasteiger partial charge on any atom is -0.357 e. The molecule has 2 heterocycles.